The molecule has 0 radical (unpaired) electrons. The summed E-state index contributed by atoms with van der Waals surface area (Å²) in [5, 5.41) is 0. The van der Waals surface area contributed by atoms with Crippen molar-refractivity contribution in [1.82, 2.24) is 9.88 Å². The highest BCUT2D eigenvalue weighted by atomic mass is 32.2. The molecule has 2 aliphatic rings. The van der Waals surface area contributed by atoms with Gasteiger partial charge in [-0.15, -0.1) is 0 Å². The van der Waals surface area contributed by atoms with E-state index in [2.05, 4.69) is 21.5 Å². The van der Waals surface area contributed by atoms with Crippen LogP contribution >= 0.6 is 0 Å². The van der Waals surface area contributed by atoms with Gasteiger partial charge in [0.05, 0.1) is 18.1 Å². The van der Waals surface area contributed by atoms with Crippen LogP contribution in [0.1, 0.15) is 36.6 Å². The maximum Gasteiger partial charge on any atom is 0.262 e. The van der Waals surface area contributed by atoms with Crippen LogP contribution in [0, 0.1) is 0 Å². The van der Waals surface area contributed by atoms with Crippen LogP contribution in [0.5, 0.6) is 5.88 Å². The Hall–Kier alpha value is -2.23. The molecule has 9 heteroatoms. The largest absolute Gasteiger partial charge is 0.479 e. The molecule has 2 heterocycles. The standard InChI is InChI=1S/C23H30FN3O4S/c1-4-27-11-9-16-13-21(22(31-3)25-20(16)10-12-27)26-32(28,29)19-7-5-17(6-8-19)23(24)14-18(15-23)30-2/h5-8,13,18,26H,4,9-12,14-15H2,1-3H3. The van der Waals surface area contributed by atoms with Crippen LogP contribution in [0.15, 0.2) is 35.2 Å². The zero-order valence-corrected chi connectivity index (χ0v) is 19.5. The molecule has 0 unspecified atom stereocenters. The fourth-order valence-electron chi connectivity index (χ4n) is 4.41. The van der Waals surface area contributed by atoms with E-state index >= 15 is 0 Å². The number of sulfonamides is 1. The van der Waals surface area contributed by atoms with Crippen molar-refractivity contribution in [3.63, 3.8) is 0 Å². The van der Waals surface area contributed by atoms with Crippen molar-refractivity contribution in [2.75, 3.05) is 38.6 Å². The number of fused-ring (bicyclic) bond motifs is 1. The van der Waals surface area contributed by atoms with Crippen molar-refractivity contribution in [2.24, 2.45) is 0 Å². The minimum Gasteiger partial charge on any atom is -0.479 e. The third-order valence-corrected chi connectivity index (χ3v) is 7.90. The molecule has 0 saturated heterocycles. The van der Waals surface area contributed by atoms with E-state index in [-0.39, 0.29) is 29.7 Å². The Morgan fingerprint density at radius 1 is 1.19 bits per heavy atom. The third-order valence-electron chi connectivity index (χ3n) is 6.52. The smallest absolute Gasteiger partial charge is 0.262 e. The van der Waals surface area contributed by atoms with E-state index in [9.17, 15) is 12.8 Å². The summed E-state index contributed by atoms with van der Waals surface area (Å²) in [6.07, 6.45) is 2.05. The number of benzene rings is 1. The fraction of sp³-hybridized carbons (Fsp3) is 0.522. The van der Waals surface area contributed by atoms with Crippen molar-refractivity contribution >= 4 is 15.7 Å². The van der Waals surface area contributed by atoms with Crippen LogP contribution in [-0.4, -0.2) is 58.3 Å². The van der Waals surface area contributed by atoms with Crippen LogP contribution in [0.4, 0.5) is 10.1 Å². The van der Waals surface area contributed by atoms with E-state index in [1.54, 1.807) is 7.11 Å². The number of rotatable bonds is 7. The molecule has 1 aliphatic heterocycles. The van der Waals surface area contributed by atoms with Crippen LogP contribution < -0.4 is 9.46 Å². The Morgan fingerprint density at radius 3 is 2.50 bits per heavy atom. The normalized spacial score (nSPS) is 23.7. The molecule has 1 aromatic heterocycles. The molecular formula is C23H30FN3O4S. The van der Waals surface area contributed by atoms with E-state index in [0.717, 1.165) is 43.7 Å². The maximum atomic E-state index is 14.9. The summed E-state index contributed by atoms with van der Waals surface area (Å²) < 4.78 is 54.1. The van der Waals surface area contributed by atoms with Crippen LogP contribution in [0.2, 0.25) is 0 Å². The molecule has 1 saturated carbocycles. The number of anilines is 1. The zero-order chi connectivity index (χ0) is 22.9. The topological polar surface area (TPSA) is 80.8 Å². The summed E-state index contributed by atoms with van der Waals surface area (Å²) in [6, 6.07) is 7.75. The predicted molar refractivity (Wildman–Crippen MR) is 120 cm³/mol. The second-order valence-corrected chi connectivity index (χ2v) is 10.1. The second kappa shape index (κ2) is 8.96. The van der Waals surface area contributed by atoms with Gasteiger partial charge in [-0.3, -0.25) is 4.72 Å². The number of alkyl halides is 1. The van der Waals surface area contributed by atoms with Crippen molar-refractivity contribution in [1.29, 1.82) is 0 Å². The van der Waals surface area contributed by atoms with Crippen LogP contribution in [0.25, 0.3) is 0 Å². The Labute approximate surface area is 189 Å². The number of aromatic nitrogens is 1. The molecule has 1 aliphatic carbocycles. The fourth-order valence-corrected chi connectivity index (χ4v) is 5.45. The van der Waals surface area contributed by atoms with Crippen molar-refractivity contribution in [3.05, 3.63) is 47.2 Å². The first-order chi connectivity index (χ1) is 15.3. The predicted octanol–water partition coefficient (Wildman–Crippen LogP) is 3.29. The highest BCUT2D eigenvalue weighted by Crippen LogP contribution is 2.46. The second-order valence-electron chi connectivity index (χ2n) is 8.45. The van der Waals surface area contributed by atoms with Crippen LogP contribution in [0.3, 0.4) is 0 Å². The molecule has 0 atom stereocenters. The summed E-state index contributed by atoms with van der Waals surface area (Å²) in [7, 11) is -0.849. The molecule has 174 valence electrons. The number of pyridine rings is 1. The van der Waals surface area contributed by atoms with Gasteiger partial charge in [-0.05, 0) is 42.3 Å². The third kappa shape index (κ3) is 4.46. The molecule has 0 bridgehead atoms. The number of hydrogen-bond acceptors (Lipinski definition) is 6. The van der Waals surface area contributed by atoms with E-state index in [0.29, 0.717) is 11.3 Å². The number of halogens is 1. The molecule has 0 spiro atoms. The summed E-state index contributed by atoms with van der Waals surface area (Å²) in [5.74, 6) is 0.247. The Balaban J connectivity index is 1.55. The SMILES string of the molecule is CCN1CCc2cc(NS(=O)(=O)c3ccc(C4(F)CC(OC)C4)cc3)c(OC)nc2CC1. The number of methoxy groups -OCH3 is 2. The van der Waals surface area contributed by atoms with Crippen molar-refractivity contribution in [2.45, 2.75) is 49.3 Å². The van der Waals surface area contributed by atoms with Crippen LogP contribution in [-0.2, 0) is 33.3 Å². The molecule has 0 amide bonds. The summed E-state index contributed by atoms with van der Waals surface area (Å²) in [5.41, 5.74) is 1.27. The average Bonchev–Trinajstić information content (AvgIpc) is 2.97. The lowest BCUT2D eigenvalue weighted by Gasteiger charge is -2.40. The molecular weight excluding hydrogens is 433 g/mol. The average molecular weight is 464 g/mol. The van der Waals surface area contributed by atoms with Crippen molar-refractivity contribution < 1.29 is 22.3 Å². The Kier molecular flexibility index (Phi) is 6.42. The summed E-state index contributed by atoms with van der Waals surface area (Å²) in [4.78, 5) is 6.98. The van der Waals surface area contributed by atoms with E-state index in [4.69, 9.17) is 9.47 Å². The number of hydrogen-bond donors (Lipinski definition) is 1. The van der Waals surface area contributed by atoms with E-state index < -0.39 is 15.7 Å². The molecule has 2 aromatic rings. The molecule has 7 nitrogen and oxygen atoms in total. The molecule has 1 aromatic carbocycles. The molecule has 1 fully saturated rings. The number of nitrogens with one attached hydrogen (secondary N) is 1. The number of ether oxygens (including phenoxy) is 2. The summed E-state index contributed by atoms with van der Waals surface area (Å²) in [6.45, 7) is 4.91. The first kappa shape index (κ1) is 22.9. The minimum absolute atomic E-state index is 0.0571. The monoisotopic (exact) mass is 463 g/mol. The first-order valence-electron chi connectivity index (χ1n) is 10.9. The van der Waals surface area contributed by atoms with Gasteiger partial charge in [-0.1, -0.05) is 19.1 Å². The Morgan fingerprint density at radius 2 is 1.88 bits per heavy atom. The van der Waals surface area contributed by atoms with Gasteiger partial charge in [0.2, 0.25) is 5.88 Å². The first-order valence-corrected chi connectivity index (χ1v) is 12.4. The van der Waals surface area contributed by atoms with Gasteiger partial charge in [0, 0.05) is 45.2 Å². The van der Waals surface area contributed by atoms with E-state index in [1.807, 2.05) is 6.07 Å². The lowest BCUT2D eigenvalue weighted by molar-refractivity contribution is -0.0822. The quantitative estimate of drug-likeness (QED) is 0.679. The highest BCUT2D eigenvalue weighted by Gasteiger charge is 2.46. The van der Waals surface area contributed by atoms with Gasteiger partial charge < -0.3 is 14.4 Å². The van der Waals surface area contributed by atoms with Gasteiger partial charge in [-0.25, -0.2) is 17.8 Å². The molecule has 4 rings (SSSR count). The lowest BCUT2D eigenvalue weighted by atomic mass is 9.74. The van der Waals surface area contributed by atoms with Gasteiger partial charge in [-0.2, -0.15) is 0 Å². The van der Waals surface area contributed by atoms with Gasteiger partial charge in [0.1, 0.15) is 11.4 Å². The molecule has 1 N–H and O–H groups in total. The van der Waals surface area contributed by atoms with Crippen molar-refractivity contribution in [3.8, 4) is 5.88 Å². The minimum atomic E-state index is -3.89. The Bertz CT molecular complexity index is 1070. The molecule has 32 heavy (non-hydrogen) atoms. The zero-order valence-electron chi connectivity index (χ0n) is 18.7. The highest BCUT2D eigenvalue weighted by molar-refractivity contribution is 7.92. The lowest BCUT2D eigenvalue weighted by Crippen LogP contribution is -2.42. The van der Waals surface area contributed by atoms with Gasteiger partial charge >= 0.3 is 0 Å². The van der Waals surface area contributed by atoms with Gasteiger partial charge in [0.25, 0.3) is 10.0 Å². The number of nitrogens with zero attached hydrogens (tertiary/aromatic N) is 2. The van der Waals surface area contributed by atoms with E-state index in [1.165, 1.54) is 31.4 Å². The van der Waals surface area contributed by atoms with Gasteiger partial charge in [0.15, 0.2) is 0 Å². The summed E-state index contributed by atoms with van der Waals surface area (Å²) >= 11 is 0. The number of likely N-dealkylation sites (N-methyl/N-ethyl adjacent to an activating group) is 1. The maximum absolute atomic E-state index is 14.9.